The Morgan fingerprint density at radius 2 is 1.51 bits per heavy atom. The third-order valence-corrected chi connectivity index (χ3v) is 11.3. The van der Waals surface area contributed by atoms with Crippen LogP contribution in [0, 0.1) is 0 Å². The Hall–Kier alpha value is -3.76. The second-order valence-corrected chi connectivity index (χ2v) is 15.1. The van der Waals surface area contributed by atoms with Crippen LogP contribution in [0.5, 0.6) is 5.75 Å². The number of methoxy groups -OCH3 is 1. The van der Waals surface area contributed by atoms with Gasteiger partial charge in [0, 0.05) is 24.0 Å². The first-order valence-electron chi connectivity index (χ1n) is 16.1. The summed E-state index contributed by atoms with van der Waals surface area (Å²) in [7, 11) is -2.93. The minimum Gasteiger partial charge on any atom is -0.495 e. The van der Waals surface area contributed by atoms with Gasteiger partial charge in [-0.2, -0.15) is 0 Å². The second-order valence-electron chi connectivity index (χ2n) is 12.0. The highest BCUT2D eigenvalue weighted by Gasteiger charge is 2.36. The van der Waals surface area contributed by atoms with E-state index >= 15 is 0 Å². The largest absolute Gasteiger partial charge is 0.495 e. The van der Waals surface area contributed by atoms with E-state index in [4.69, 9.17) is 39.5 Å². The zero-order chi connectivity index (χ0) is 35.0. The van der Waals surface area contributed by atoms with Crippen molar-refractivity contribution >= 4 is 62.3 Å². The average molecular weight is 743 g/mol. The summed E-state index contributed by atoms with van der Waals surface area (Å²) in [6.07, 6.45) is 5.02. The summed E-state index contributed by atoms with van der Waals surface area (Å²) in [5.74, 6) is -0.738. The molecule has 5 rings (SSSR count). The van der Waals surface area contributed by atoms with Crippen LogP contribution in [0.4, 0.5) is 5.69 Å². The number of halogens is 3. The third kappa shape index (κ3) is 9.28. The van der Waals surface area contributed by atoms with E-state index in [1.54, 1.807) is 48.5 Å². The van der Waals surface area contributed by atoms with Gasteiger partial charge >= 0.3 is 0 Å². The van der Waals surface area contributed by atoms with Crippen LogP contribution >= 0.6 is 34.8 Å². The van der Waals surface area contributed by atoms with E-state index in [0.717, 1.165) is 42.0 Å². The van der Waals surface area contributed by atoms with E-state index in [0.29, 0.717) is 10.6 Å². The van der Waals surface area contributed by atoms with Gasteiger partial charge in [0.2, 0.25) is 11.8 Å². The summed E-state index contributed by atoms with van der Waals surface area (Å²) in [4.78, 5) is 30.4. The quantitative estimate of drug-likeness (QED) is 0.150. The van der Waals surface area contributed by atoms with Crippen LogP contribution in [0.2, 0.25) is 15.1 Å². The fourth-order valence-corrected chi connectivity index (χ4v) is 7.95. The van der Waals surface area contributed by atoms with Crippen LogP contribution in [0.25, 0.3) is 0 Å². The van der Waals surface area contributed by atoms with Gasteiger partial charge < -0.3 is 15.0 Å². The number of ether oxygens (including phenoxy) is 1. The normalized spacial score (nSPS) is 14.1. The van der Waals surface area contributed by atoms with Crippen molar-refractivity contribution in [3.63, 3.8) is 0 Å². The lowest BCUT2D eigenvalue weighted by Crippen LogP contribution is -2.55. The number of nitrogens with zero attached hydrogens (tertiary/aromatic N) is 2. The summed E-state index contributed by atoms with van der Waals surface area (Å²) in [5, 5.41) is 4.07. The molecule has 1 aliphatic carbocycles. The third-order valence-electron chi connectivity index (χ3n) is 8.58. The number of hydrogen-bond donors (Lipinski definition) is 1. The number of nitrogens with one attached hydrogen (secondary N) is 1. The Labute approximate surface area is 303 Å². The minimum atomic E-state index is -4.34. The smallest absolute Gasteiger partial charge is 0.264 e. The first-order chi connectivity index (χ1) is 23.6. The Morgan fingerprint density at radius 3 is 2.16 bits per heavy atom. The molecule has 8 nitrogen and oxygen atoms in total. The van der Waals surface area contributed by atoms with Crippen LogP contribution in [0.1, 0.15) is 43.2 Å². The van der Waals surface area contributed by atoms with Crippen molar-refractivity contribution in [3.05, 3.63) is 123 Å². The molecule has 4 aromatic carbocycles. The Morgan fingerprint density at radius 1 is 0.837 bits per heavy atom. The van der Waals surface area contributed by atoms with Gasteiger partial charge in [-0.15, -0.1) is 0 Å². The van der Waals surface area contributed by atoms with E-state index in [9.17, 15) is 18.0 Å². The number of hydrogen-bond acceptors (Lipinski definition) is 5. The zero-order valence-corrected chi connectivity index (χ0v) is 30.1. The summed E-state index contributed by atoms with van der Waals surface area (Å²) < 4.78 is 35.2. The van der Waals surface area contributed by atoms with E-state index in [1.165, 1.54) is 30.2 Å². The Kier molecular flexibility index (Phi) is 12.5. The number of benzene rings is 4. The van der Waals surface area contributed by atoms with Crippen molar-refractivity contribution in [2.24, 2.45) is 0 Å². The molecule has 49 heavy (non-hydrogen) atoms. The molecular formula is C37H38Cl3N3O5S. The van der Waals surface area contributed by atoms with E-state index in [1.807, 2.05) is 30.3 Å². The second kappa shape index (κ2) is 16.8. The number of sulfonamides is 1. The highest BCUT2D eigenvalue weighted by atomic mass is 35.5. The van der Waals surface area contributed by atoms with Crippen molar-refractivity contribution in [2.45, 2.75) is 62.0 Å². The molecule has 1 N–H and O–H groups in total. The summed E-state index contributed by atoms with van der Waals surface area (Å²) >= 11 is 19.0. The van der Waals surface area contributed by atoms with Gasteiger partial charge in [0.25, 0.3) is 10.0 Å². The maximum Gasteiger partial charge on any atom is 0.264 e. The molecule has 0 saturated heterocycles. The van der Waals surface area contributed by atoms with E-state index in [2.05, 4.69) is 5.32 Å². The van der Waals surface area contributed by atoms with Gasteiger partial charge in [0.1, 0.15) is 18.3 Å². The molecule has 258 valence electrons. The molecule has 0 aromatic heterocycles. The molecule has 0 bridgehead atoms. The highest BCUT2D eigenvalue weighted by Crippen LogP contribution is 2.35. The van der Waals surface area contributed by atoms with Gasteiger partial charge in [-0.25, -0.2) is 8.42 Å². The molecule has 1 unspecified atom stereocenters. The molecule has 0 aliphatic heterocycles. The van der Waals surface area contributed by atoms with Crippen LogP contribution in [-0.4, -0.2) is 50.9 Å². The lowest BCUT2D eigenvalue weighted by atomic mass is 9.94. The maximum atomic E-state index is 14.8. The number of carbonyl (C=O) groups is 2. The first kappa shape index (κ1) is 36.5. The molecule has 0 heterocycles. The Bertz CT molecular complexity index is 1860. The fraction of sp³-hybridized carbons (Fsp3) is 0.297. The number of amides is 2. The van der Waals surface area contributed by atoms with Crippen LogP contribution in [-0.2, 0) is 32.6 Å². The van der Waals surface area contributed by atoms with Gasteiger partial charge in [0.15, 0.2) is 0 Å². The summed E-state index contributed by atoms with van der Waals surface area (Å²) in [6, 6.07) is 25.7. The highest BCUT2D eigenvalue weighted by molar-refractivity contribution is 7.92. The molecule has 0 radical (unpaired) electrons. The van der Waals surface area contributed by atoms with Crippen molar-refractivity contribution in [1.82, 2.24) is 10.2 Å². The summed E-state index contributed by atoms with van der Waals surface area (Å²) in [5.41, 5.74) is 1.53. The predicted octanol–water partition coefficient (Wildman–Crippen LogP) is 7.94. The number of carbonyl (C=O) groups excluding carboxylic acids is 2. The molecule has 2 amide bonds. The first-order valence-corrected chi connectivity index (χ1v) is 18.6. The lowest BCUT2D eigenvalue weighted by molar-refractivity contribution is -0.140. The zero-order valence-electron chi connectivity index (χ0n) is 27.0. The average Bonchev–Trinajstić information content (AvgIpc) is 3.11. The molecule has 1 fully saturated rings. The lowest BCUT2D eigenvalue weighted by Gasteiger charge is -2.35. The summed E-state index contributed by atoms with van der Waals surface area (Å²) in [6.45, 7) is -0.700. The molecule has 4 aromatic rings. The maximum absolute atomic E-state index is 14.8. The molecule has 12 heteroatoms. The Balaban J connectivity index is 1.61. The number of anilines is 1. The van der Waals surface area contributed by atoms with Crippen molar-refractivity contribution < 1.29 is 22.7 Å². The van der Waals surface area contributed by atoms with Crippen LogP contribution in [0.15, 0.2) is 102 Å². The molecular weight excluding hydrogens is 705 g/mol. The van der Waals surface area contributed by atoms with Gasteiger partial charge in [-0.05, 0) is 66.4 Å². The monoisotopic (exact) mass is 741 g/mol. The topological polar surface area (TPSA) is 96.0 Å². The number of rotatable bonds is 13. The van der Waals surface area contributed by atoms with Crippen molar-refractivity contribution in [2.75, 3.05) is 18.0 Å². The fourth-order valence-electron chi connectivity index (χ4n) is 6.02. The van der Waals surface area contributed by atoms with E-state index in [-0.39, 0.29) is 51.3 Å². The van der Waals surface area contributed by atoms with Gasteiger partial charge in [-0.3, -0.25) is 13.9 Å². The molecule has 1 aliphatic rings. The van der Waals surface area contributed by atoms with Gasteiger partial charge in [-0.1, -0.05) is 109 Å². The SMILES string of the molecule is COc1ccc(Cl)cc1N(CC(=O)N(Cc1ccc(Cl)c(Cl)c1)C(Cc1ccccc1)C(=O)NC1CCCCC1)S(=O)(=O)c1ccccc1. The predicted molar refractivity (Wildman–Crippen MR) is 195 cm³/mol. The van der Waals surface area contributed by atoms with Crippen molar-refractivity contribution in [1.29, 1.82) is 0 Å². The standard InChI is InChI=1S/C37H38Cl3N3O5S/c1-48-35-20-18-28(38)23-33(35)43(49(46,47)30-15-9-4-10-16-30)25-36(44)42(24-27-17-19-31(39)32(40)21-27)34(22-26-11-5-2-6-12-26)37(45)41-29-13-7-3-8-14-29/h2,4-6,9-12,15-21,23,29,34H,3,7-8,13-14,22,24-25H2,1H3,(H,41,45). The molecule has 1 atom stereocenters. The van der Waals surface area contributed by atoms with Crippen LogP contribution < -0.4 is 14.4 Å². The van der Waals surface area contributed by atoms with Crippen molar-refractivity contribution in [3.8, 4) is 5.75 Å². The van der Waals surface area contributed by atoms with E-state index < -0.39 is 28.5 Å². The van der Waals surface area contributed by atoms with Gasteiger partial charge in [0.05, 0.1) is 27.7 Å². The van der Waals surface area contributed by atoms with Crippen LogP contribution in [0.3, 0.4) is 0 Å². The minimum absolute atomic E-state index is 0.0212. The molecule has 1 saturated carbocycles. The molecule has 0 spiro atoms.